The summed E-state index contributed by atoms with van der Waals surface area (Å²) in [5.41, 5.74) is 0. The van der Waals surface area contributed by atoms with Crippen LogP contribution in [0.4, 0.5) is 0 Å². The molecule has 0 aromatic heterocycles. The van der Waals surface area contributed by atoms with Crippen LogP contribution in [0.15, 0.2) is 0 Å². The summed E-state index contributed by atoms with van der Waals surface area (Å²) >= 11 is 0. The summed E-state index contributed by atoms with van der Waals surface area (Å²) in [5, 5.41) is 31.3. The molecule has 18 heavy (non-hydrogen) atoms. The van der Waals surface area contributed by atoms with Crippen molar-refractivity contribution in [1.82, 2.24) is 0 Å². The Morgan fingerprint density at radius 1 is 0.556 bits per heavy atom. The number of hydrogen-bond acceptors (Lipinski definition) is 6. The van der Waals surface area contributed by atoms with Gasteiger partial charge < -0.3 is 20.4 Å². The van der Waals surface area contributed by atoms with Gasteiger partial charge in [-0.3, -0.25) is 19.2 Å². The van der Waals surface area contributed by atoms with Gasteiger partial charge in [-0.25, -0.2) is 9.59 Å². The molecule has 10 heteroatoms. The van der Waals surface area contributed by atoms with Gasteiger partial charge in [0.1, 0.15) is 12.8 Å². The molecule has 0 spiro atoms. The van der Waals surface area contributed by atoms with E-state index in [-0.39, 0.29) is 0 Å². The molecule has 0 unspecified atom stereocenters. The highest BCUT2D eigenvalue weighted by molar-refractivity contribution is 6.36. The fourth-order valence-corrected chi connectivity index (χ4v) is 0.426. The highest BCUT2D eigenvalue weighted by Crippen LogP contribution is 1.82. The summed E-state index contributed by atoms with van der Waals surface area (Å²) in [6, 6.07) is 0. The van der Waals surface area contributed by atoms with E-state index in [1.807, 2.05) is 0 Å². The zero-order valence-electron chi connectivity index (χ0n) is 8.65. The number of aliphatic carboxylic acids is 4. The first-order valence-corrected chi connectivity index (χ1v) is 4.03. The van der Waals surface area contributed by atoms with Crippen LogP contribution in [0.25, 0.3) is 0 Å². The average molecular weight is 264 g/mol. The third-order valence-corrected chi connectivity index (χ3v) is 1.10. The molecule has 0 aromatic carbocycles. The summed E-state index contributed by atoms with van der Waals surface area (Å²) in [5.74, 6) is -8.88. The first-order valence-electron chi connectivity index (χ1n) is 4.03. The van der Waals surface area contributed by atoms with Crippen molar-refractivity contribution in [3.63, 3.8) is 0 Å². The molecule has 0 atom stereocenters. The van der Waals surface area contributed by atoms with Crippen molar-refractivity contribution in [1.29, 1.82) is 0 Å². The van der Waals surface area contributed by atoms with Crippen molar-refractivity contribution in [2.75, 3.05) is 0 Å². The molecule has 0 aliphatic rings. The first-order chi connectivity index (χ1) is 8.07. The van der Waals surface area contributed by atoms with Crippen LogP contribution in [0.2, 0.25) is 0 Å². The third kappa shape index (κ3) is 11.3. The van der Waals surface area contributed by atoms with Crippen molar-refractivity contribution < 1.29 is 49.2 Å². The normalized spacial score (nSPS) is 8.44. The van der Waals surface area contributed by atoms with Crippen LogP contribution in [0.5, 0.6) is 0 Å². The summed E-state index contributed by atoms with van der Waals surface area (Å²) < 4.78 is 0. The van der Waals surface area contributed by atoms with Gasteiger partial charge in [-0.1, -0.05) is 0 Å². The fraction of sp³-hybridized carbons (Fsp3) is 0.250. The Kier molecular flexibility index (Phi) is 8.20. The minimum absolute atomic E-state index is 0.949. The number of hydrogen-bond donors (Lipinski definition) is 4. The molecule has 0 aromatic rings. The molecule has 0 heterocycles. The maximum Gasteiger partial charge on any atom is 0.372 e. The first kappa shape index (κ1) is 17.6. The number of Topliss-reactive ketones (excluding diaryl/α,β-unsaturated/α-hetero) is 2. The molecule has 0 bridgehead atoms. The van der Waals surface area contributed by atoms with Gasteiger partial charge in [-0.15, -0.1) is 0 Å². The molecule has 0 amide bonds. The van der Waals surface area contributed by atoms with Crippen LogP contribution in [-0.4, -0.2) is 55.9 Å². The van der Waals surface area contributed by atoms with Gasteiger partial charge in [-0.2, -0.15) is 0 Å². The molecule has 100 valence electrons. The third-order valence-electron chi connectivity index (χ3n) is 1.10. The second-order valence-electron chi connectivity index (χ2n) is 2.60. The van der Waals surface area contributed by atoms with Crippen molar-refractivity contribution in [2.45, 2.75) is 12.8 Å². The minimum atomic E-state index is -1.71. The SMILES string of the molecule is O=C(O)CC(=O)C(=O)O.O=C(O)CC(=O)C(=O)O. The Balaban J connectivity index is 0. The smallest absolute Gasteiger partial charge is 0.372 e. The van der Waals surface area contributed by atoms with Crippen LogP contribution < -0.4 is 0 Å². The van der Waals surface area contributed by atoms with Crippen molar-refractivity contribution in [3.8, 4) is 0 Å². The van der Waals surface area contributed by atoms with Crippen LogP contribution in [0.1, 0.15) is 12.8 Å². The maximum absolute atomic E-state index is 9.97. The quantitative estimate of drug-likeness (QED) is 0.316. The van der Waals surface area contributed by atoms with Crippen LogP contribution in [-0.2, 0) is 28.8 Å². The van der Waals surface area contributed by atoms with E-state index < -0.39 is 48.3 Å². The van der Waals surface area contributed by atoms with E-state index in [1.165, 1.54) is 0 Å². The summed E-state index contributed by atoms with van der Waals surface area (Å²) in [6.07, 6.45) is -1.90. The molecule has 0 aliphatic carbocycles. The summed E-state index contributed by atoms with van der Waals surface area (Å²) in [6.45, 7) is 0. The second-order valence-corrected chi connectivity index (χ2v) is 2.60. The highest BCUT2D eigenvalue weighted by atomic mass is 16.4. The van der Waals surface area contributed by atoms with E-state index in [4.69, 9.17) is 20.4 Å². The Bertz CT molecular complexity index is 355. The van der Waals surface area contributed by atoms with E-state index in [9.17, 15) is 28.8 Å². The van der Waals surface area contributed by atoms with Crippen molar-refractivity contribution in [2.24, 2.45) is 0 Å². The second kappa shape index (κ2) is 8.38. The summed E-state index contributed by atoms with van der Waals surface area (Å²) in [4.78, 5) is 58.4. The van der Waals surface area contributed by atoms with Gasteiger partial charge >= 0.3 is 23.9 Å². The monoisotopic (exact) mass is 264 g/mol. The number of carboxylic acids is 4. The zero-order valence-corrected chi connectivity index (χ0v) is 8.65. The van der Waals surface area contributed by atoms with Crippen LogP contribution in [0.3, 0.4) is 0 Å². The van der Waals surface area contributed by atoms with Gasteiger partial charge in [0, 0.05) is 0 Å². The topological polar surface area (TPSA) is 183 Å². The van der Waals surface area contributed by atoms with Gasteiger partial charge in [0.25, 0.3) is 11.6 Å². The van der Waals surface area contributed by atoms with E-state index >= 15 is 0 Å². The summed E-state index contributed by atoms with van der Waals surface area (Å²) in [7, 11) is 0. The molecule has 4 N–H and O–H groups in total. The molecule has 0 radical (unpaired) electrons. The number of carbonyl (C=O) groups is 6. The van der Waals surface area contributed by atoms with Gasteiger partial charge in [-0.05, 0) is 0 Å². The lowest BCUT2D eigenvalue weighted by Gasteiger charge is -1.85. The van der Waals surface area contributed by atoms with Crippen molar-refractivity contribution >= 4 is 35.4 Å². The minimum Gasteiger partial charge on any atom is -0.481 e. The molecule has 0 fully saturated rings. The number of carbonyl (C=O) groups excluding carboxylic acids is 2. The predicted molar refractivity (Wildman–Crippen MR) is 49.8 cm³/mol. The Hall–Kier alpha value is -2.78. The Labute approximate surface area is 98.4 Å². The maximum atomic E-state index is 9.97. The predicted octanol–water partition coefficient (Wildman–Crippen LogP) is -1.77. The molecular weight excluding hydrogens is 256 g/mol. The average Bonchev–Trinajstić information content (AvgIpc) is 2.16. The van der Waals surface area contributed by atoms with Crippen LogP contribution >= 0.6 is 0 Å². The number of carboxylic acid groups (broad SMARTS) is 4. The zero-order chi connectivity index (χ0) is 14.9. The number of rotatable bonds is 6. The standard InChI is InChI=1S/2C4H4O5/c2*5-2(4(8)9)1-3(6)7/h2*1H2,(H,6,7)(H,8,9). The lowest BCUT2D eigenvalue weighted by Crippen LogP contribution is -2.16. The lowest BCUT2D eigenvalue weighted by atomic mass is 10.3. The molecule has 10 nitrogen and oxygen atoms in total. The van der Waals surface area contributed by atoms with E-state index in [0.29, 0.717) is 0 Å². The van der Waals surface area contributed by atoms with Gasteiger partial charge in [0.05, 0.1) is 0 Å². The van der Waals surface area contributed by atoms with E-state index in [0.717, 1.165) is 0 Å². The molecule has 0 rings (SSSR count). The highest BCUT2D eigenvalue weighted by Gasteiger charge is 2.15. The fourth-order valence-electron chi connectivity index (χ4n) is 0.426. The largest absolute Gasteiger partial charge is 0.481 e. The van der Waals surface area contributed by atoms with E-state index in [2.05, 4.69) is 0 Å². The van der Waals surface area contributed by atoms with Crippen molar-refractivity contribution in [3.05, 3.63) is 0 Å². The number of ketones is 2. The molecule has 0 aliphatic heterocycles. The lowest BCUT2D eigenvalue weighted by molar-refractivity contribution is -0.152. The van der Waals surface area contributed by atoms with Gasteiger partial charge in [0.2, 0.25) is 0 Å². The molecular formula is C8H8O10. The van der Waals surface area contributed by atoms with E-state index in [1.54, 1.807) is 0 Å². The Morgan fingerprint density at radius 2 is 0.778 bits per heavy atom. The Morgan fingerprint density at radius 3 is 0.833 bits per heavy atom. The molecule has 0 saturated heterocycles. The van der Waals surface area contributed by atoms with Crippen LogP contribution in [0, 0.1) is 0 Å². The van der Waals surface area contributed by atoms with Gasteiger partial charge in [0.15, 0.2) is 0 Å². The molecule has 0 saturated carbocycles.